The van der Waals surface area contributed by atoms with E-state index in [2.05, 4.69) is 37.9 Å². The van der Waals surface area contributed by atoms with Crippen LogP contribution in [0.15, 0.2) is 24.3 Å². The van der Waals surface area contributed by atoms with Crippen LogP contribution in [0.1, 0.15) is 32.0 Å². The Balaban J connectivity index is 2.72. The Hall–Kier alpha value is -1.75. The summed E-state index contributed by atoms with van der Waals surface area (Å²) in [6.45, 7) is 6.47. The fourth-order valence-electron chi connectivity index (χ4n) is 1.65. The van der Waals surface area contributed by atoms with Gasteiger partial charge in [0.25, 0.3) is 0 Å². The molecule has 1 heterocycles. The number of nitriles is 1. The maximum absolute atomic E-state index is 8.98. The van der Waals surface area contributed by atoms with E-state index in [0.29, 0.717) is 5.56 Å². The highest BCUT2D eigenvalue weighted by Gasteiger charge is 2.16. The highest BCUT2D eigenvalue weighted by molar-refractivity contribution is 5.85. The second-order valence-electron chi connectivity index (χ2n) is 4.81. The van der Waals surface area contributed by atoms with Gasteiger partial charge in [-0.3, -0.25) is 0 Å². The Bertz CT molecular complexity index is 536. The molecule has 0 radical (unpaired) electrons. The number of aromatic amines is 1. The van der Waals surface area contributed by atoms with E-state index in [1.54, 1.807) is 0 Å². The predicted molar refractivity (Wildman–Crippen MR) is 61.7 cm³/mol. The van der Waals surface area contributed by atoms with Crippen molar-refractivity contribution in [2.75, 3.05) is 0 Å². The normalized spacial score (nSPS) is 11.6. The lowest BCUT2D eigenvalue weighted by molar-refractivity contribution is 0.574. The van der Waals surface area contributed by atoms with Gasteiger partial charge in [-0.1, -0.05) is 32.9 Å². The zero-order valence-electron chi connectivity index (χ0n) is 9.26. The molecule has 2 aromatic rings. The quantitative estimate of drug-likeness (QED) is 0.692. The summed E-state index contributed by atoms with van der Waals surface area (Å²) in [5.41, 5.74) is 2.92. The van der Waals surface area contributed by atoms with Crippen LogP contribution in [-0.2, 0) is 5.41 Å². The lowest BCUT2D eigenvalue weighted by atomic mass is 9.92. The molecule has 0 atom stereocenters. The van der Waals surface area contributed by atoms with Gasteiger partial charge < -0.3 is 4.98 Å². The molecule has 0 fully saturated rings. The van der Waals surface area contributed by atoms with Gasteiger partial charge in [0.05, 0.1) is 11.1 Å². The Morgan fingerprint density at radius 2 is 2.00 bits per heavy atom. The number of hydrogen-bond donors (Lipinski definition) is 1. The Labute approximate surface area is 89.5 Å². The molecular weight excluding hydrogens is 184 g/mol. The van der Waals surface area contributed by atoms with Crippen molar-refractivity contribution in [2.24, 2.45) is 0 Å². The molecule has 1 aromatic carbocycles. The van der Waals surface area contributed by atoms with Crippen LogP contribution in [0.5, 0.6) is 0 Å². The molecule has 0 amide bonds. The van der Waals surface area contributed by atoms with Gasteiger partial charge in [-0.15, -0.1) is 0 Å². The van der Waals surface area contributed by atoms with E-state index < -0.39 is 0 Å². The zero-order chi connectivity index (χ0) is 11.1. The third kappa shape index (κ3) is 1.61. The first-order valence-electron chi connectivity index (χ1n) is 5.04. The highest BCUT2D eigenvalue weighted by Crippen LogP contribution is 2.27. The summed E-state index contributed by atoms with van der Waals surface area (Å²) in [6, 6.07) is 10.1. The third-order valence-electron chi connectivity index (χ3n) is 2.58. The summed E-state index contributed by atoms with van der Waals surface area (Å²) in [5.74, 6) is 0. The van der Waals surface area contributed by atoms with Gasteiger partial charge in [-0.25, -0.2) is 0 Å². The van der Waals surface area contributed by atoms with Crippen molar-refractivity contribution in [1.82, 2.24) is 4.98 Å². The molecule has 0 aliphatic rings. The first-order chi connectivity index (χ1) is 7.02. The lowest BCUT2D eigenvalue weighted by Crippen LogP contribution is -2.11. The average molecular weight is 198 g/mol. The van der Waals surface area contributed by atoms with E-state index in [0.717, 1.165) is 10.9 Å². The SMILES string of the molecule is CC(C)(C)c1cc2cccc(C#N)c2[nH]1. The van der Waals surface area contributed by atoms with E-state index in [9.17, 15) is 0 Å². The molecule has 0 spiro atoms. The standard InChI is InChI=1S/C13H14N2/c1-13(2,3)11-7-9-5-4-6-10(8-14)12(9)15-11/h4-7,15H,1-3H3. The third-order valence-corrected chi connectivity index (χ3v) is 2.58. The molecule has 1 N–H and O–H groups in total. The molecule has 0 aliphatic carbocycles. The summed E-state index contributed by atoms with van der Waals surface area (Å²) in [6.07, 6.45) is 0. The van der Waals surface area contributed by atoms with Gasteiger partial charge in [0.1, 0.15) is 6.07 Å². The molecule has 0 bridgehead atoms. The molecule has 0 unspecified atom stereocenters. The molecule has 2 rings (SSSR count). The van der Waals surface area contributed by atoms with Crippen LogP contribution in [0.2, 0.25) is 0 Å². The molecule has 0 saturated heterocycles. The highest BCUT2D eigenvalue weighted by atomic mass is 14.7. The van der Waals surface area contributed by atoms with Gasteiger partial charge in [-0.05, 0) is 12.1 Å². The number of aromatic nitrogens is 1. The van der Waals surface area contributed by atoms with Crippen molar-refractivity contribution in [3.05, 3.63) is 35.5 Å². The van der Waals surface area contributed by atoms with E-state index in [-0.39, 0.29) is 5.41 Å². The minimum Gasteiger partial charge on any atom is -0.357 e. The first kappa shape index (κ1) is 9.79. The van der Waals surface area contributed by atoms with Crippen LogP contribution in [0, 0.1) is 11.3 Å². The number of nitrogens with zero attached hydrogens (tertiary/aromatic N) is 1. The van der Waals surface area contributed by atoms with Crippen LogP contribution in [0.25, 0.3) is 10.9 Å². The van der Waals surface area contributed by atoms with Crippen LogP contribution >= 0.6 is 0 Å². The van der Waals surface area contributed by atoms with Gasteiger partial charge in [-0.2, -0.15) is 5.26 Å². The number of hydrogen-bond acceptors (Lipinski definition) is 1. The minimum absolute atomic E-state index is 0.0890. The smallest absolute Gasteiger partial charge is 0.101 e. The molecule has 76 valence electrons. The van der Waals surface area contributed by atoms with Crippen molar-refractivity contribution in [2.45, 2.75) is 26.2 Å². The lowest BCUT2D eigenvalue weighted by Gasteiger charge is -2.15. The van der Waals surface area contributed by atoms with Gasteiger partial charge in [0, 0.05) is 16.5 Å². The van der Waals surface area contributed by atoms with Crippen molar-refractivity contribution < 1.29 is 0 Å². The van der Waals surface area contributed by atoms with E-state index in [1.807, 2.05) is 18.2 Å². The van der Waals surface area contributed by atoms with Crippen LogP contribution in [-0.4, -0.2) is 4.98 Å². The summed E-state index contributed by atoms with van der Waals surface area (Å²) in [5, 5.41) is 10.1. The molecule has 2 heteroatoms. The van der Waals surface area contributed by atoms with Crippen LogP contribution < -0.4 is 0 Å². The molecule has 15 heavy (non-hydrogen) atoms. The number of H-pyrrole nitrogens is 1. The number of fused-ring (bicyclic) bond motifs is 1. The zero-order valence-corrected chi connectivity index (χ0v) is 9.26. The maximum Gasteiger partial charge on any atom is 0.101 e. The van der Waals surface area contributed by atoms with Crippen molar-refractivity contribution in [1.29, 1.82) is 5.26 Å². The van der Waals surface area contributed by atoms with Gasteiger partial charge in [0.15, 0.2) is 0 Å². The molecular formula is C13H14N2. The van der Waals surface area contributed by atoms with Crippen molar-refractivity contribution >= 4 is 10.9 Å². The Morgan fingerprint density at radius 3 is 2.60 bits per heavy atom. The topological polar surface area (TPSA) is 39.6 Å². The summed E-state index contributed by atoms with van der Waals surface area (Å²) in [7, 11) is 0. The molecule has 2 nitrogen and oxygen atoms in total. The Morgan fingerprint density at radius 1 is 1.27 bits per heavy atom. The van der Waals surface area contributed by atoms with E-state index in [4.69, 9.17) is 5.26 Å². The number of benzene rings is 1. The van der Waals surface area contributed by atoms with Gasteiger partial charge in [0.2, 0.25) is 0 Å². The second kappa shape index (κ2) is 3.13. The van der Waals surface area contributed by atoms with E-state index in [1.165, 1.54) is 5.69 Å². The first-order valence-corrected chi connectivity index (χ1v) is 5.04. The summed E-state index contributed by atoms with van der Waals surface area (Å²) in [4.78, 5) is 3.33. The largest absolute Gasteiger partial charge is 0.357 e. The predicted octanol–water partition coefficient (Wildman–Crippen LogP) is 3.34. The summed E-state index contributed by atoms with van der Waals surface area (Å²) >= 11 is 0. The fourth-order valence-corrected chi connectivity index (χ4v) is 1.65. The minimum atomic E-state index is 0.0890. The fraction of sp³-hybridized carbons (Fsp3) is 0.308. The number of rotatable bonds is 0. The maximum atomic E-state index is 8.98. The van der Waals surface area contributed by atoms with E-state index >= 15 is 0 Å². The van der Waals surface area contributed by atoms with Crippen molar-refractivity contribution in [3.8, 4) is 6.07 Å². The number of nitrogens with one attached hydrogen (secondary N) is 1. The monoisotopic (exact) mass is 198 g/mol. The number of para-hydroxylation sites is 1. The van der Waals surface area contributed by atoms with Crippen LogP contribution in [0.4, 0.5) is 0 Å². The molecule has 1 aromatic heterocycles. The molecule has 0 saturated carbocycles. The average Bonchev–Trinajstić information content (AvgIpc) is 2.59. The Kier molecular flexibility index (Phi) is 2.04. The molecule has 0 aliphatic heterocycles. The van der Waals surface area contributed by atoms with Crippen molar-refractivity contribution in [3.63, 3.8) is 0 Å². The summed E-state index contributed by atoms with van der Waals surface area (Å²) < 4.78 is 0. The van der Waals surface area contributed by atoms with Gasteiger partial charge >= 0.3 is 0 Å². The van der Waals surface area contributed by atoms with Crippen LogP contribution in [0.3, 0.4) is 0 Å². The second-order valence-corrected chi connectivity index (χ2v) is 4.81.